The van der Waals surface area contributed by atoms with Crippen molar-refractivity contribution in [3.63, 3.8) is 0 Å². The fraction of sp³-hybridized carbons (Fsp3) is 0.647. The van der Waals surface area contributed by atoms with Gasteiger partial charge in [0.1, 0.15) is 11.9 Å². The second-order valence-electron chi connectivity index (χ2n) is 6.07. The SMILES string of the molecule is COCC(CNC1CC1)Oc1cc(C)ccc1C(C)C. The Morgan fingerprint density at radius 1 is 1.30 bits per heavy atom. The summed E-state index contributed by atoms with van der Waals surface area (Å²) in [6.45, 7) is 7.97. The molecule has 20 heavy (non-hydrogen) atoms. The lowest BCUT2D eigenvalue weighted by molar-refractivity contribution is 0.0795. The Bertz CT molecular complexity index is 427. The van der Waals surface area contributed by atoms with Crippen LogP contribution in [0.15, 0.2) is 18.2 Å². The van der Waals surface area contributed by atoms with Crippen molar-refractivity contribution in [2.45, 2.75) is 51.7 Å². The van der Waals surface area contributed by atoms with E-state index >= 15 is 0 Å². The van der Waals surface area contributed by atoms with E-state index in [0.29, 0.717) is 18.6 Å². The van der Waals surface area contributed by atoms with Crippen LogP contribution in [0.4, 0.5) is 0 Å². The number of ether oxygens (including phenoxy) is 2. The van der Waals surface area contributed by atoms with E-state index in [9.17, 15) is 0 Å². The van der Waals surface area contributed by atoms with Crippen LogP contribution in [0.3, 0.4) is 0 Å². The average molecular weight is 277 g/mol. The van der Waals surface area contributed by atoms with Gasteiger partial charge in [0.25, 0.3) is 0 Å². The zero-order valence-corrected chi connectivity index (χ0v) is 13.1. The van der Waals surface area contributed by atoms with Crippen molar-refractivity contribution in [1.82, 2.24) is 5.32 Å². The van der Waals surface area contributed by atoms with Crippen LogP contribution in [-0.4, -0.2) is 32.4 Å². The zero-order chi connectivity index (χ0) is 14.5. The molecule has 1 aromatic rings. The maximum absolute atomic E-state index is 6.22. The predicted octanol–water partition coefficient (Wildman–Crippen LogP) is 3.26. The van der Waals surface area contributed by atoms with Crippen LogP contribution in [0, 0.1) is 6.92 Å². The predicted molar refractivity (Wildman–Crippen MR) is 82.6 cm³/mol. The molecule has 3 nitrogen and oxygen atoms in total. The monoisotopic (exact) mass is 277 g/mol. The highest BCUT2D eigenvalue weighted by Gasteiger charge is 2.23. The number of nitrogens with one attached hydrogen (secondary N) is 1. The van der Waals surface area contributed by atoms with Crippen molar-refractivity contribution in [3.8, 4) is 5.75 Å². The van der Waals surface area contributed by atoms with Gasteiger partial charge < -0.3 is 14.8 Å². The van der Waals surface area contributed by atoms with E-state index in [1.807, 2.05) is 0 Å². The maximum atomic E-state index is 6.22. The first kappa shape index (κ1) is 15.3. The molecule has 0 aromatic heterocycles. The van der Waals surface area contributed by atoms with Crippen LogP contribution in [-0.2, 0) is 4.74 Å². The van der Waals surface area contributed by atoms with E-state index in [-0.39, 0.29) is 6.10 Å². The minimum Gasteiger partial charge on any atom is -0.486 e. The van der Waals surface area contributed by atoms with Crippen molar-refractivity contribution in [1.29, 1.82) is 0 Å². The van der Waals surface area contributed by atoms with Gasteiger partial charge in [-0.05, 0) is 42.9 Å². The fourth-order valence-corrected chi connectivity index (χ4v) is 2.31. The molecule has 0 bridgehead atoms. The first-order valence-corrected chi connectivity index (χ1v) is 7.59. The molecule has 112 valence electrons. The van der Waals surface area contributed by atoms with Crippen molar-refractivity contribution >= 4 is 0 Å². The van der Waals surface area contributed by atoms with E-state index in [1.165, 1.54) is 24.0 Å². The lowest BCUT2D eigenvalue weighted by atomic mass is 10.0. The van der Waals surface area contributed by atoms with E-state index in [0.717, 1.165) is 12.3 Å². The van der Waals surface area contributed by atoms with Gasteiger partial charge in [-0.25, -0.2) is 0 Å². The molecule has 1 aliphatic carbocycles. The van der Waals surface area contributed by atoms with E-state index in [4.69, 9.17) is 9.47 Å². The van der Waals surface area contributed by atoms with Crippen molar-refractivity contribution in [3.05, 3.63) is 29.3 Å². The standard InChI is InChI=1S/C17H27NO2/c1-12(2)16-8-5-13(3)9-17(16)20-15(11-19-4)10-18-14-6-7-14/h5,8-9,12,14-15,18H,6-7,10-11H2,1-4H3. The Morgan fingerprint density at radius 3 is 2.65 bits per heavy atom. The molecule has 0 radical (unpaired) electrons. The maximum Gasteiger partial charge on any atom is 0.134 e. The molecule has 1 unspecified atom stereocenters. The highest BCUT2D eigenvalue weighted by atomic mass is 16.5. The molecule has 1 aliphatic rings. The summed E-state index contributed by atoms with van der Waals surface area (Å²) in [6, 6.07) is 7.15. The third-order valence-corrected chi connectivity index (χ3v) is 3.65. The number of hydrogen-bond donors (Lipinski definition) is 1. The number of aryl methyl sites for hydroxylation is 1. The summed E-state index contributed by atoms with van der Waals surface area (Å²) in [4.78, 5) is 0. The average Bonchev–Trinajstić information content (AvgIpc) is 3.20. The van der Waals surface area contributed by atoms with Crippen LogP contribution in [0.2, 0.25) is 0 Å². The third-order valence-electron chi connectivity index (χ3n) is 3.65. The van der Waals surface area contributed by atoms with Gasteiger partial charge in [-0.3, -0.25) is 0 Å². The first-order chi connectivity index (χ1) is 9.60. The lowest BCUT2D eigenvalue weighted by Crippen LogP contribution is -2.36. The van der Waals surface area contributed by atoms with E-state index in [1.54, 1.807) is 7.11 Å². The topological polar surface area (TPSA) is 30.5 Å². The Hall–Kier alpha value is -1.06. The van der Waals surface area contributed by atoms with Gasteiger partial charge in [0.15, 0.2) is 0 Å². The Kier molecular flexibility index (Phi) is 5.44. The quantitative estimate of drug-likeness (QED) is 0.791. The van der Waals surface area contributed by atoms with Gasteiger partial charge >= 0.3 is 0 Å². The van der Waals surface area contributed by atoms with E-state index < -0.39 is 0 Å². The molecular formula is C17H27NO2. The molecule has 1 atom stereocenters. The second-order valence-corrected chi connectivity index (χ2v) is 6.07. The molecular weight excluding hydrogens is 250 g/mol. The third kappa shape index (κ3) is 4.50. The van der Waals surface area contributed by atoms with Crippen LogP contribution < -0.4 is 10.1 Å². The summed E-state index contributed by atoms with van der Waals surface area (Å²) in [6.07, 6.45) is 2.66. The highest BCUT2D eigenvalue weighted by Crippen LogP contribution is 2.28. The summed E-state index contributed by atoms with van der Waals surface area (Å²) in [5, 5.41) is 3.52. The lowest BCUT2D eigenvalue weighted by Gasteiger charge is -2.22. The summed E-state index contributed by atoms with van der Waals surface area (Å²) in [5.74, 6) is 1.46. The van der Waals surface area contributed by atoms with Gasteiger partial charge in [0.05, 0.1) is 6.61 Å². The second kappa shape index (κ2) is 7.09. The fourth-order valence-electron chi connectivity index (χ4n) is 2.31. The summed E-state index contributed by atoms with van der Waals surface area (Å²) in [7, 11) is 1.73. The number of rotatable bonds is 8. The summed E-state index contributed by atoms with van der Waals surface area (Å²) >= 11 is 0. The Balaban J connectivity index is 2.05. The molecule has 2 rings (SSSR count). The van der Waals surface area contributed by atoms with Crippen LogP contribution in [0.5, 0.6) is 5.75 Å². The minimum atomic E-state index is 0.0694. The minimum absolute atomic E-state index is 0.0694. The van der Waals surface area contributed by atoms with Crippen molar-refractivity contribution in [2.75, 3.05) is 20.3 Å². The molecule has 1 saturated carbocycles. The van der Waals surface area contributed by atoms with Gasteiger partial charge in [0.2, 0.25) is 0 Å². The first-order valence-electron chi connectivity index (χ1n) is 7.59. The van der Waals surface area contributed by atoms with E-state index in [2.05, 4.69) is 44.3 Å². The smallest absolute Gasteiger partial charge is 0.134 e. The molecule has 0 saturated heterocycles. The normalized spacial score (nSPS) is 16.4. The van der Waals surface area contributed by atoms with Crippen LogP contribution in [0.1, 0.15) is 43.7 Å². The Labute approximate surface area is 122 Å². The molecule has 0 spiro atoms. The summed E-state index contributed by atoms with van der Waals surface area (Å²) < 4.78 is 11.5. The van der Waals surface area contributed by atoms with Gasteiger partial charge in [-0.1, -0.05) is 26.0 Å². The van der Waals surface area contributed by atoms with Crippen LogP contribution >= 0.6 is 0 Å². The van der Waals surface area contributed by atoms with Gasteiger partial charge in [-0.15, -0.1) is 0 Å². The van der Waals surface area contributed by atoms with Crippen LogP contribution in [0.25, 0.3) is 0 Å². The number of hydrogen-bond acceptors (Lipinski definition) is 3. The highest BCUT2D eigenvalue weighted by molar-refractivity contribution is 5.39. The molecule has 0 heterocycles. The van der Waals surface area contributed by atoms with Gasteiger partial charge in [0, 0.05) is 19.7 Å². The molecule has 0 aliphatic heterocycles. The molecule has 1 fully saturated rings. The zero-order valence-electron chi connectivity index (χ0n) is 13.1. The Morgan fingerprint density at radius 2 is 2.05 bits per heavy atom. The molecule has 0 amide bonds. The molecule has 3 heteroatoms. The number of methoxy groups -OCH3 is 1. The van der Waals surface area contributed by atoms with Crippen molar-refractivity contribution in [2.24, 2.45) is 0 Å². The van der Waals surface area contributed by atoms with Crippen molar-refractivity contribution < 1.29 is 9.47 Å². The largest absolute Gasteiger partial charge is 0.486 e. The molecule has 1 aromatic carbocycles. The number of benzene rings is 1. The molecule has 1 N–H and O–H groups in total. The summed E-state index contributed by atoms with van der Waals surface area (Å²) in [5.41, 5.74) is 2.50. The van der Waals surface area contributed by atoms with Gasteiger partial charge in [-0.2, -0.15) is 0 Å².